The summed E-state index contributed by atoms with van der Waals surface area (Å²) >= 11 is 0. The summed E-state index contributed by atoms with van der Waals surface area (Å²) in [7, 11) is 0. The summed E-state index contributed by atoms with van der Waals surface area (Å²) < 4.78 is 0. The molecule has 4 aliphatic carbocycles. The Kier molecular flexibility index (Phi) is 1.81. The van der Waals surface area contributed by atoms with Crippen LogP contribution in [0.5, 0.6) is 0 Å². The lowest BCUT2D eigenvalue weighted by Crippen LogP contribution is -2.79. The third-order valence-electron chi connectivity index (χ3n) is 5.08. The fourth-order valence-electron chi connectivity index (χ4n) is 5.47. The molecule has 4 atom stereocenters. The van der Waals surface area contributed by atoms with Crippen LogP contribution in [-0.2, 0) is 0 Å². The third-order valence-corrected chi connectivity index (χ3v) is 5.08. The summed E-state index contributed by atoms with van der Waals surface area (Å²) in [5.74, 6) is 2.11. The molecule has 4 aliphatic rings. The Morgan fingerprint density at radius 3 is 2.29 bits per heavy atom. The maximum absolute atomic E-state index is 4.56. The van der Waals surface area contributed by atoms with Gasteiger partial charge in [0.2, 0.25) is 0 Å². The summed E-state index contributed by atoms with van der Waals surface area (Å²) in [4.78, 5) is 0. The largest absolute Gasteiger partial charge is 0.353 e. The van der Waals surface area contributed by atoms with Crippen molar-refractivity contribution in [3.63, 3.8) is 0 Å². The molecular formula is C13H24N+. The molecule has 0 saturated heterocycles. The van der Waals surface area contributed by atoms with Crippen molar-refractivity contribution in [3.05, 3.63) is 0 Å². The highest BCUT2D eigenvalue weighted by molar-refractivity contribution is 5.07. The average molecular weight is 194 g/mol. The van der Waals surface area contributed by atoms with Crippen molar-refractivity contribution >= 4 is 0 Å². The first kappa shape index (κ1) is 9.21. The van der Waals surface area contributed by atoms with Gasteiger partial charge in [0, 0.05) is 19.3 Å². The van der Waals surface area contributed by atoms with Crippen LogP contribution in [0, 0.1) is 17.3 Å². The molecule has 0 radical (unpaired) electrons. The molecule has 4 bridgehead atoms. The second kappa shape index (κ2) is 2.75. The van der Waals surface area contributed by atoms with Crippen molar-refractivity contribution in [2.75, 3.05) is 0 Å². The van der Waals surface area contributed by atoms with Crippen molar-refractivity contribution in [3.8, 4) is 0 Å². The molecule has 1 nitrogen and oxygen atoms in total. The van der Waals surface area contributed by atoms with Crippen LogP contribution in [0.3, 0.4) is 0 Å². The Balaban J connectivity index is 1.89. The Morgan fingerprint density at radius 2 is 1.79 bits per heavy atom. The fraction of sp³-hybridized carbons (Fsp3) is 1.00. The van der Waals surface area contributed by atoms with Crippen LogP contribution in [0.25, 0.3) is 0 Å². The van der Waals surface area contributed by atoms with Gasteiger partial charge in [-0.15, -0.1) is 0 Å². The van der Waals surface area contributed by atoms with Gasteiger partial charge in [-0.25, -0.2) is 0 Å². The van der Waals surface area contributed by atoms with Gasteiger partial charge < -0.3 is 5.73 Å². The molecule has 0 aliphatic heterocycles. The summed E-state index contributed by atoms with van der Waals surface area (Å²) in [6, 6.07) is 0. The zero-order valence-corrected chi connectivity index (χ0v) is 9.52. The van der Waals surface area contributed by atoms with Crippen molar-refractivity contribution in [2.45, 2.75) is 63.8 Å². The number of hydrogen-bond acceptors (Lipinski definition) is 0. The smallest absolute Gasteiger partial charge is 0.0956 e. The van der Waals surface area contributed by atoms with E-state index in [1.807, 2.05) is 0 Å². The van der Waals surface area contributed by atoms with Crippen molar-refractivity contribution in [1.29, 1.82) is 0 Å². The van der Waals surface area contributed by atoms with E-state index in [0.29, 0.717) is 5.54 Å². The van der Waals surface area contributed by atoms with Gasteiger partial charge in [-0.1, -0.05) is 13.3 Å². The molecule has 80 valence electrons. The summed E-state index contributed by atoms with van der Waals surface area (Å²) in [5, 5.41) is 0. The van der Waals surface area contributed by atoms with E-state index in [1.54, 1.807) is 19.3 Å². The Morgan fingerprint density at radius 1 is 1.14 bits per heavy atom. The third kappa shape index (κ3) is 1.25. The van der Waals surface area contributed by atoms with Gasteiger partial charge in [0.1, 0.15) is 0 Å². The zero-order chi connectivity index (χ0) is 9.81. The predicted molar refractivity (Wildman–Crippen MR) is 57.6 cm³/mol. The molecule has 0 amide bonds. The van der Waals surface area contributed by atoms with Crippen LogP contribution in [-0.4, -0.2) is 5.54 Å². The first-order valence-corrected chi connectivity index (χ1v) is 6.49. The SMILES string of the molecule is CCCC12C[C@@H]3C[C@@H](CC([NH3+])(C3)C1)C2. The van der Waals surface area contributed by atoms with E-state index >= 15 is 0 Å². The Bertz CT molecular complexity index is 232. The maximum Gasteiger partial charge on any atom is 0.0956 e. The van der Waals surface area contributed by atoms with Crippen molar-refractivity contribution in [2.24, 2.45) is 17.3 Å². The quantitative estimate of drug-likeness (QED) is 0.699. The van der Waals surface area contributed by atoms with Crippen LogP contribution in [0.15, 0.2) is 0 Å². The molecule has 0 aromatic rings. The minimum Gasteiger partial charge on any atom is -0.353 e. The van der Waals surface area contributed by atoms with Gasteiger partial charge in [-0.05, 0) is 42.9 Å². The van der Waals surface area contributed by atoms with E-state index in [-0.39, 0.29) is 0 Å². The van der Waals surface area contributed by atoms with Crippen LogP contribution in [0.2, 0.25) is 0 Å². The fourth-order valence-corrected chi connectivity index (χ4v) is 5.47. The van der Waals surface area contributed by atoms with Gasteiger partial charge in [-0.2, -0.15) is 0 Å². The predicted octanol–water partition coefficient (Wildman–Crippen LogP) is 2.37. The standard InChI is InChI=1S/C13H23N/c1-2-3-12-5-10-4-11(6-12)8-13(14,7-10)9-12/h10-11H,2-9,14H2,1H3/p+1/t10-,11+,12?,13?. The minimum absolute atomic E-state index is 0.513. The molecular weight excluding hydrogens is 170 g/mol. The van der Waals surface area contributed by atoms with Crippen LogP contribution >= 0.6 is 0 Å². The van der Waals surface area contributed by atoms with Gasteiger partial charge in [0.25, 0.3) is 0 Å². The van der Waals surface area contributed by atoms with Gasteiger partial charge in [-0.3, -0.25) is 0 Å². The normalized spacial score (nSPS) is 55.3. The van der Waals surface area contributed by atoms with Crippen LogP contribution in [0.1, 0.15) is 58.3 Å². The number of rotatable bonds is 2. The Hall–Kier alpha value is -0.0400. The molecule has 2 unspecified atom stereocenters. The zero-order valence-electron chi connectivity index (χ0n) is 9.52. The average Bonchev–Trinajstić information content (AvgIpc) is 1.97. The molecule has 4 rings (SSSR count). The van der Waals surface area contributed by atoms with E-state index in [4.69, 9.17) is 0 Å². The summed E-state index contributed by atoms with van der Waals surface area (Å²) in [6.07, 6.45) is 11.9. The number of quaternary nitrogens is 1. The van der Waals surface area contributed by atoms with Gasteiger partial charge >= 0.3 is 0 Å². The monoisotopic (exact) mass is 194 g/mol. The van der Waals surface area contributed by atoms with E-state index in [1.165, 1.54) is 32.1 Å². The van der Waals surface area contributed by atoms with E-state index < -0.39 is 0 Å². The van der Waals surface area contributed by atoms with Crippen molar-refractivity contribution in [1.82, 2.24) is 0 Å². The lowest BCUT2D eigenvalue weighted by Gasteiger charge is -2.59. The van der Waals surface area contributed by atoms with Gasteiger partial charge in [0.05, 0.1) is 5.54 Å². The summed E-state index contributed by atoms with van der Waals surface area (Å²) in [5.41, 5.74) is 5.82. The Labute approximate surface area is 87.4 Å². The highest BCUT2D eigenvalue weighted by atomic mass is 14.8. The second-order valence-corrected chi connectivity index (χ2v) is 6.71. The first-order valence-electron chi connectivity index (χ1n) is 6.49. The van der Waals surface area contributed by atoms with Gasteiger partial charge in [0.15, 0.2) is 0 Å². The molecule has 0 heterocycles. The molecule has 14 heavy (non-hydrogen) atoms. The summed E-state index contributed by atoms with van der Waals surface area (Å²) in [6.45, 7) is 2.36. The molecule has 0 spiro atoms. The van der Waals surface area contributed by atoms with E-state index in [9.17, 15) is 0 Å². The van der Waals surface area contributed by atoms with Crippen LogP contribution < -0.4 is 5.73 Å². The molecule has 0 aromatic heterocycles. The molecule has 4 saturated carbocycles. The molecule has 1 heteroatoms. The minimum atomic E-state index is 0.513. The molecule has 4 fully saturated rings. The van der Waals surface area contributed by atoms with Crippen molar-refractivity contribution < 1.29 is 5.73 Å². The molecule has 3 N–H and O–H groups in total. The van der Waals surface area contributed by atoms with E-state index in [0.717, 1.165) is 17.3 Å². The first-order chi connectivity index (χ1) is 6.63. The van der Waals surface area contributed by atoms with E-state index in [2.05, 4.69) is 12.7 Å². The highest BCUT2D eigenvalue weighted by Gasteiger charge is 2.57. The maximum atomic E-state index is 4.56. The highest BCUT2D eigenvalue weighted by Crippen LogP contribution is 2.61. The lowest BCUT2D eigenvalue weighted by atomic mass is 9.46. The second-order valence-electron chi connectivity index (χ2n) is 6.71. The lowest BCUT2D eigenvalue weighted by molar-refractivity contribution is -0.510. The molecule has 0 aromatic carbocycles. The van der Waals surface area contributed by atoms with Crippen LogP contribution in [0.4, 0.5) is 0 Å². The topological polar surface area (TPSA) is 27.6 Å². The number of hydrogen-bond donors (Lipinski definition) is 1.